The number of rotatable bonds is 5. The number of methoxy groups -OCH3 is 2. The van der Waals surface area contributed by atoms with Gasteiger partial charge in [-0.25, -0.2) is 9.97 Å². The van der Waals surface area contributed by atoms with E-state index in [4.69, 9.17) is 9.47 Å². The topological polar surface area (TPSA) is 59.5 Å². The quantitative estimate of drug-likeness (QED) is 0.891. The Morgan fingerprint density at radius 3 is 2.42 bits per heavy atom. The zero-order valence-corrected chi connectivity index (χ0v) is 15.6. The molecule has 0 aliphatic carbocycles. The van der Waals surface area contributed by atoms with Gasteiger partial charge in [0.25, 0.3) is 0 Å². The van der Waals surface area contributed by atoms with E-state index in [-0.39, 0.29) is 0 Å². The Morgan fingerprint density at radius 1 is 1.08 bits per heavy atom. The monoisotopic (exact) mass is 354 g/mol. The average Bonchev–Trinajstić information content (AvgIpc) is 2.71. The van der Waals surface area contributed by atoms with Crippen molar-refractivity contribution in [3.63, 3.8) is 0 Å². The molecule has 1 aromatic heterocycles. The van der Waals surface area contributed by atoms with Crippen LogP contribution in [0.2, 0.25) is 0 Å². The van der Waals surface area contributed by atoms with Gasteiger partial charge in [-0.1, -0.05) is 0 Å². The van der Waals surface area contributed by atoms with Crippen LogP contribution in [0.25, 0.3) is 11.1 Å². The maximum atomic E-state index is 5.47. The van der Waals surface area contributed by atoms with Crippen molar-refractivity contribution in [3.05, 3.63) is 30.6 Å². The number of aromatic nitrogens is 2. The van der Waals surface area contributed by atoms with Gasteiger partial charge >= 0.3 is 0 Å². The molecule has 3 aliphatic rings. The average molecular weight is 354 g/mol. The number of hydrogen-bond donors (Lipinski definition) is 1. The van der Waals surface area contributed by atoms with E-state index in [1.54, 1.807) is 14.2 Å². The molecule has 3 saturated heterocycles. The minimum Gasteiger partial charge on any atom is -0.497 e. The van der Waals surface area contributed by atoms with Crippen molar-refractivity contribution < 1.29 is 9.47 Å². The molecule has 3 aliphatic heterocycles. The molecule has 4 heterocycles. The second kappa shape index (κ2) is 7.11. The second-order valence-electron chi connectivity index (χ2n) is 7.15. The second-order valence-corrected chi connectivity index (χ2v) is 7.15. The maximum absolute atomic E-state index is 5.47. The smallest absolute Gasteiger partial charge is 0.222 e. The molecule has 5 rings (SSSR count). The maximum Gasteiger partial charge on any atom is 0.222 e. The van der Waals surface area contributed by atoms with E-state index >= 15 is 0 Å². The van der Waals surface area contributed by atoms with Gasteiger partial charge in [0, 0.05) is 35.6 Å². The lowest BCUT2D eigenvalue weighted by Crippen LogP contribution is -2.59. The Kier molecular flexibility index (Phi) is 4.68. The van der Waals surface area contributed by atoms with Gasteiger partial charge in [0.05, 0.1) is 14.2 Å². The van der Waals surface area contributed by atoms with E-state index in [1.165, 1.54) is 25.9 Å². The number of benzene rings is 1. The van der Waals surface area contributed by atoms with E-state index in [1.807, 2.05) is 30.6 Å². The number of anilines is 1. The van der Waals surface area contributed by atoms with Gasteiger partial charge in [0.1, 0.15) is 11.5 Å². The van der Waals surface area contributed by atoms with Gasteiger partial charge in [-0.15, -0.1) is 0 Å². The Morgan fingerprint density at radius 2 is 1.81 bits per heavy atom. The number of hydrogen-bond acceptors (Lipinski definition) is 6. The summed E-state index contributed by atoms with van der Waals surface area (Å²) in [7, 11) is 3.32. The van der Waals surface area contributed by atoms with Crippen molar-refractivity contribution in [1.29, 1.82) is 0 Å². The first-order valence-electron chi connectivity index (χ1n) is 9.24. The van der Waals surface area contributed by atoms with Crippen molar-refractivity contribution >= 4 is 5.95 Å². The molecule has 138 valence electrons. The fraction of sp³-hybridized carbons (Fsp3) is 0.500. The summed E-state index contributed by atoms with van der Waals surface area (Å²) in [6.45, 7) is 4.75. The van der Waals surface area contributed by atoms with Gasteiger partial charge in [0.15, 0.2) is 0 Å². The first kappa shape index (κ1) is 17.1. The largest absolute Gasteiger partial charge is 0.497 e. The summed E-state index contributed by atoms with van der Waals surface area (Å²) >= 11 is 0. The summed E-state index contributed by atoms with van der Waals surface area (Å²) in [4.78, 5) is 11.7. The van der Waals surface area contributed by atoms with Crippen LogP contribution in [0, 0.1) is 5.92 Å². The Bertz CT molecular complexity index is 755. The zero-order chi connectivity index (χ0) is 18.1. The molecule has 0 radical (unpaired) electrons. The Labute approximate surface area is 154 Å². The minimum absolute atomic E-state index is 0.426. The van der Waals surface area contributed by atoms with E-state index in [9.17, 15) is 0 Å². The molecule has 6 nitrogen and oxygen atoms in total. The molecule has 0 spiro atoms. The molecule has 2 aromatic rings. The van der Waals surface area contributed by atoms with Crippen LogP contribution in [-0.4, -0.2) is 54.3 Å². The van der Waals surface area contributed by atoms with Crippen LogP contribution >= 0.6 is 0 Å². The number of nitrogens with zero attached hydrogens (tertiary/aromatic N) is 3. The molecule has 3 fully saturated rings. The third kappa shape index (κ3) is 3.09. The summed E-state index contributed by atoms with van der Waals surface area (Å²) in [5.74, 6) is 2.98. The Hall–Kier alpha value is -2.34. The summed E-state index contributed by atoms with van der Waals surface area (Å²) in [5, 5.41) is 3.57. The van der Waals surface area contributed by atoms with Crippen molar-refractivity contribution in [2.24, 2.45) is 5.92 Å². The molecule has 0 unspecified atom stereocenters. The molecule has 0 amide bonds. The predicted octanol–water partition coefficient (Wildman–Crippen LogP) is 3.06. The zero-order valence-electron chi connectivity index (χ0n) is 15.6. The van der Waals surface area contributed by atoms with E-state index in [2.05, 4.69) is 27.1 Å². The minimum atomic E-state index is 0.426. The van der Waals surface area contributed by atoms with Crippen LogP contribution in [0.1, 0.15) is 19.8 Å². The molecule has 26 heavy (non-hydrogen) atoms. The molecular formula is C20H26N4O2. The van der Waals surface area contributed by atoms with Crippen LogP contribution in [0.4, 0.5) is 5.95 Å². The number of nitrogens with one attached hydrogen (secondary N) is 1. The van der Waals surface area contributed by atoms with Crippen molar-refractivity contribution in [1.82, 2.24) is 14.9 Å². The van der Waals surface area contributed by atoms with Crippen LogP contribution < -0.4 is 14.8 Å². The fourth-order valence-electron chi connectivity index (χ4n) is 4.28. The predicted molar refractivity (Wildman–Crippen MR) is 102 cm³/mol. The summed E-state index contributed by atoms with van der Waals surface area (Å²) < 4.78 is 10.8. The van der Waals surface area contributed by atoms with Crippen molar-refractivity contribution in [2.45, 2.75) is 31.8 Å². The van der Waals surface area contributed by atoms with Crippen LogP contribution in [-0.2, 0) is 0 Å². The van der Waals surface area contributed by atoms with Crippen LogP contribution in [0.3, 0.4) is 0 Å². The van der Waals surface area contributed by atoms with Gasteiger partial charge in [-0.3, -0.25) is 4.90 Å². The molecule has 2 bridgehead atoms. The third-order valence-electron chi connectivity index (χ3n) is 5.84. The first-order chi connectivity index (χ1) is 12.7. The molecule has 6 heteroatoms. The Balaban J connectivity index is 1.54. The highest BCUT2D eigenvalue weighted by molar-refractivity contribution is 5.71. The molecule has 1 aromatic carbocycles. The standard InChI is InChI=1S/C20H26N4O2/c1-13-19(14-6-8-24(13)9-7-14)23-20-21-11-15(12-22-20)17-10-16(25-2)4-5-18(17)26-3/h4-5,10-14,19H,6-9H2,1-3H3,(H,21,22,23)/t13-,19+/m1/s1. The van der Waals surface area contributed by atoms with Crippen molar-refractivity contribution in [3.8, 4) is 22.6 Å². The highest BCUT2D eigenvalue weighted by Gasteiger charge is 2.39. The third-order valence-corrected chi connectivity index (χ3v) is 5.84. The fourth-order valence-corrected chi connectivity index (χ4v) is 4.28. The highest BCUT2D eigenvalue weighted by atomic mass is 16.5. The lowest BCUT2D eigenvalue weighted by Gasteiger charge is -2.49. The molecule has 1 N–H and O–H groups in total. The van der Waals surface area contributed by atoms with Gasteiger partial charge in [-0.05, 0) is 57.0 Å². The van der Waals surface area contributed by atoms with Crippen molar-refractivity contribution in [2.75, 3.05) is 32.6 Å². The van der Waals surface area contributed by atoms with E-state index in [0.29, 0.717) is 18.0 Å². The number of ether oxygens (including phenoxy) is 2. The number of fused-ring (bicyclic) bond motifs is 3. The molecule has 2 atom stereocenters. The van der Waals surface area contributed by atoms with Crippen LogP contribution in [0.15, 0.2) is 30.6 Å². The summed E-state index contributed by atoms with van der Waals surface area (Å²) in [5.41, 5.74) is 1.84. The highest BCUT2D eigenvalue weighted by Crippen LogP contribution is 2.35. The summed E-state index contributed by atoms with van der Waals surface area (Å²) in [6.07, 6.45) is 6.22. The van der Waals surface area contributed by atoms with Gasteiger partial charge < -0.3 is 14.8 Å². The van der Waals surface area contributed by atoms with Gasteiger partial charge in [0.2, 0.25) is 5.95 Å². The normalized spacial score (nSPS) is 27.2. The van der Waals surface area contributed by atoms with Crippen LogP contribution in [0.5, 0.6) is 11.5 Å². The van der Waals surface area contributed by atoms with E-state index in [0.717, 1.165) is 28.5 Å². The SMILES string of the molecule is COc1ccc(OC)c(-c2cnc(N[C@@H]3C4CCN(CC4)[C@@H]3C)nc2)c1. The lowest BCUT2D eigenvalue weighted by atomic mass is 9.79. The van der Waals surface area contributed by atoms with E-state index < -0.39 is 0 Å². The van der Waals surface area contributed by atoms with Gasteiger partial charge in [-0.2, -0.15) is 0 Å². The number of piperidine rings is 3. The first-order valence-corrected chi connectivity index (χ1v) is 9.24. The molecular weight excluding hydrogens is 328 g/mol. The lowest BCUT2D eigenvalue weighted by molar-refractivity contribution is 0.0455. The molecule has 0 saturated carbocycles. The summed E-state index contributed by atoms with van der Waals surface area (Å²) in [6, 6.07) is 6.68.